The van der Waals surface area contributed by atoms with E-state index in [0.717, 1.165) is 33.8 Å². The molecule has 1 aromatic rings. The molecular formula is C20H23NO12. The van der Waals surface area contributed by atoms with E-state index < -0.39 is 66.1 Å². The standard InChI is InChI=1S/C20H23NO12/c1-10(22)28-9-16-17(29-11(2)23)18(30-12(3)24)19(31-13(4)25)20(33-16)32-15-7-5-6-14(8-15)21(26)27/h5-8,16-20H,9H2,1-4H3/t16-,17-,18+,19-,20+/m1/s1. The summed E-state index contributed by atoms with van der Waals surface area (Å²) in [6.45, 7) is 3.99. The number of nitrogens with zero attached hydrogens (tertiary/aromatic N) is 1. The predicted molar refractivity (Wildman–Crippen MR) is 106 cm³/mol. The number of esters is 4. The zero-order valence-electron chi connectivity index (χ0n) is 18.2. The molecule has 0 bridgehead atoms. The van der Waals surface area contributed by atoms with E-state index in [1.54, 1.807) is 0 Å². The number of rotatable bonds is 8. The second kappa shape index (κ2) is 11.2. The van der Waals surface area contributed by atoms with Gasteiger partial charge in [0.05, 0.1) is 11.0 Å². The average molecular weight is 469 g/mol. The molecule has 1 fully saturated rings. The van der Waals surface area contributed by atoms with Crippen LogP contribution in [0.25, 0.3) is 0 Å². The summed E-state index contributed by atoms with van der Waals surface area (Å²) in [4.78, 5) is 57.0. The number of hydrogen-bond donors (Lipinski definition) is 0. The Balaban J connectivity index is 2.47. The molecule has 0 spiro atoms. The van der Waals surface area contributed by atoms with Gasteiger partial charge < -0.3 is 28.4 Å². The van der Waals surface area contributed by atoms with Crippen LogP contribution in [0.1, 0.15) is 27.7 Å². The second-order valence-electron chi connectivity index (χ2n) is 6.94. The molecule has 2 rings (SSSR count). The van der Waals surface area contributed by atoms with Crippen LogP contribution < -0.4 is 4.74 Å². The van der Waals surface area contributed by atoms with Gasteiger partial charge in [-0.3, -0.25) is 29.3 Å². The highest BCUT2D eigenvalue weighted by Crippen LogP contribution is 2.31. The van der Waals surface area contributed by atoms with E-state index in [-0.39, 0.29) is 11.4 Å². The van der Waals surface area contributed by atoms with Crippen molar-refractivity contribution in [2.45, 2.75) is 58.4 Å². The fourth-order valence-corrected chi connectivity index (χ4v) is 3.09. The number of carbonyl (C=O) groups excluding carboxylic acids is 4. The van der Waals surface area contributed by atoms with Crippen LogP contribution in [0.4, 0.5) is 5.69 Å². The first-order valence-corrected chi connectivity index (χ1v) is 9.69. The van der Waals surface area contributed by atoms with Gasteiger partial charge in [0.1, 0.15) is 18.5 Å². The monoisotopic (exact) mass is 469 g/mol. The summed E-state index contributed by atoms with van der Waals surface area (Å²) >= 11 is 0. The Bertz CT molecular complexity index is 916. The predicted octanol–water partition coefficient (Wildman–Crippen LogP) is 1.06. The summed E-state index contributed by atoms with van der Waals surface area (Å²) in [5, 5.41) is 11.1. The quantitative estimate of drug-likeness (QED) is 0.230. The van der Waals surface area contributed by atoms with Crippen molar-refractivity contribution in [3.05, 3.63) is 34.4 Å². The Morgan fingerprint density at radius 2 is 1.48 bits per heavy atom. The summed E-state index contributed by atoms with van der Waals surface area (Å²) in [6.07, 6.45) is -6.86. The van der Waals surface area contributed by atoms with Gasteiger partial charge >= 0.3 is 23.9 Å². The van der Waals surface area contributed by atoms with E-state index in [2.05, 4.69) is 0 Å². The highest BCUT2D eigenvalue weighted by atomic mass is 16.7. The van der Waals surface area contributed by atoms with E-state index in [4.69, 9.17) is 28.4 Å². The largest absolute Gasteiger partial charge is 0.463 e. The minimum Gasteiger partial charge on any atom is -0.463 e. The summed E-state index contributed by atoms with van der Waals surface area (Å²) < 4.78 is 32.2. The van der Waals surface area contributed by atoms with Crippen molar-refractivity contribution in [2.24, 2.45) is 0 Å². The molecule has 1 heterocycles. The van der Waals surface area contributed by atoms with Gasteiger partial charge in [-0.25, -0.2) is 0 Å². The van der Waals surface area contributed by atoms with Crippen molar-refractivity contribution in [3.63, 3.8) is 0 Å². The number of non-ortho nitro benzene ring substituents is 1. The minimum absolute atomic E-state index is 0.0231. The maximum absolute atomic E-state index is 11.8. The third-order valence-electron chi connectivity index (χ3n) is 4.23. The number of carbonyl (C=O) groups is 4. The van der Waals surface area contributed by atoms with E-state index in [1.807, 2.05) is 0 Å². The Hall–Kier alpha value is -3.74. The van der Waals surface area contributed by atoms with Gasteiger partial charge in [0.2, 0.25) is 12.4 Å². The van der Waals surface area contributed by atoms with Crippen LogP contribution in [-0.4, -0.2) is 66.1 Å². The number of nitro groups is 1. The smallest absolute Gasteiger partial charge is 0.303 e. The first kappa shape index (κ1) is 25.5. The van der Waals surface area contributed by atoms with Gasteiger partial charge in [0, 0.05) is 33.8 Å². The summed E-state index contributed by atoms with van der Waals surface area (Å²) in [5.74, 6) is -3.05. The molecule has 33 heavy (non-hydrogen) atoms. The fourth-order valence-electron chi connectivity index (χ4n) is 3.09. The first-order valence-electron chi connectivity index (χ1n) is 9.69. The molecule has 0 aromatic heterocycles. The van der Waals surface area contributed by atoms with Crippen LogP contribution in [0.15, 0.2) is 24.3 Å². The molecule has 1 aliphatic heterocycles. The van der Waals surface area contributed by atoms with Gasteiger partial charge in [-0.2, -0.15) is 0 Å². The van der Waals surface area contributed by atoms with Crippen LogP contribution in [0.5, 0.6) is 5.75 Å². The molecule has 1 aromatic carbocycles. The van der Waals surface area contributed by atoms with Gasteiger partial charge in [0.15, 0.2) is 12.2 Å². The third-order valence-corrected chi connectivity index (χ3v) is 4.23. The lowest BCUT2D eigenvalue weighted by molar-refractivity contribution is -0.385. The summed E-state index contributed by atoms with van der Waals surface area (Å²) in [5.41, 5.74) is -0.280. The summed E-state index contributed by atoms with van der Waals surface area (Å²) in [7, 11) is 0. The molecule has 0 N–H and O–H groups in total. The van der Waals surface area contributed by atoms with Gasteiger partial charge in [-0.05, 0) is 6.07 Å². The van der Waals surface area contributed by atoms with Crippen LogP contribution in [0.2, 0.25) is 0 Å². The number of ether oxygens (including phenoxy) is 6. The Morgan fingerprint density at radius 3 is 2.03 bits per heavy atom. The Morgan fingerprint density at radius 1 is 0.909 bits per heavy atom. The van der Waals surface area contributed by atoms with Gasteiger partial charge in [-0.15, -0.1) is 0 Å². The molecule has 0 amide bonds. The fraction of sp³-hybridized carbons (Fsp3) is 0.500. The maximum atomic E-state index is 11.8. The summed E-state index contributed by atoms with van der Waals surface area (Å²) in [6, 6.07) is 5.09. The van der Waals surface area contributed by atoms with Crippen LogP contribution >= 0.6 is 0 Å². The normalized spacial score (nSPS) is 24.2. The molecule has 1 aliphatic rings. The van der Waals surface area contributed by atoms with Crippen molar-refractivity contribution < 1.29 is 52.5 Å². The zero-order chi connectivity index (χ0) is 24.7. The van der Waals surface area contributed by atoms with E-state index >= 15 is 0 Å². The average Bonchev–Trinajstić information content (AvgIpc) is 2.70. The van der Waals surface area contributed by atoms with Crippen LogP contribution in [-0.2, 0) is 42.9 Å². The highest BCUT2D eigenvalue weighted by Gasteiger charge is 2.53. The molecule has 13 nitrogen and oxygen atoms in total. The number of nitro benzene ring substituents is 1. The molecule has 0 unspecified atom stereocenters. The molecule has 5 atom stereocenters. The molecule has 13 heteroatoms. The van der Waals surface area contributed by atoms with Crippen molar-refractivity contribution in [3.8, 4) is 5.75 Å². The minimum atomic E-state index is -1.48. The number of benzene rings is 1. The van der Waals surface area contributed by atoms with Crippen molar-refractivity contribution >= 4 is 29.6 Å². The molecule has 180 valence electrons. The molecule has 0 aliphatic carbocycles. The lowest BCUT2D eigenvalue weighted by Gasteiger charge is -2.43. The van der Waals surface area contributed by atoms with Gasteiger partial charge in [-0.1, -0.05) is 6.07 Å². The Kier molecular flexibility index (Phi) is 8.68. The lowest BCUT2D eigenvalue weighted by atomic mass is 9.98. The van der Waals surface area contributed by atoms with Crippen molar-refractivity contribution in [2.75, 3.05) is 6.61 Å². The lowest BCUT2D eigenvalue weighted by Crippen LogP contribution is -2.63. The van der Waals surface area contributed by atoms with E-state index in [0.29, 0.717) is 0 Å². The third kappa shape index (κ3) is 7.42. The second-order valence-corrected chi connectivity index (χ2v) is 6.94. The topological polar surface area (TPSA) is 167 Å². The zero-order valence-corrected chi connectivity index (χ0v) is 18.2. The number of hydrogen-bond acceptors (Lipinski definition) is 12. The highest BCUT2D eigenvalue weighted by molar-refractivity contribution is 5.68. The molecule has 0 radical (unpaired) electrons. The van der Waals surface area contributed by atoms with Gasteiger partial charge in [0.25, 0.3) is 5.69 Å². The molecule has 1 saturated heterocycles. The van der Waals surface area contributed by atoms with Crippen molar-refractivity contribution in [1.82, 2.24) is 0 Å². The maximum Gasteiger partial charge on any atom is 0.303 e. The van der Waals surface area contributed by atoms with Crippen LogP contribution in [0, 0.1) is 10.1 Å². The molecular weight excluding hydrogens is 446 g/mol. The van der Waals surface area contributed by atoms with E-state index in [9.17, 15) is 29.3 Å². The first-order chi connectivity index (χ1) is 15.5. The van der Waals surface area contributed by atoms with E-state index in [1.165, 1.54) is 18.2 Å². The Labute approximate surface area is 188 Å². The van der Waals surface area contributed by atoms with Crippen molar-refractivity contribution in [1.29, 1.82) is 0 Å². The molecule has 0 saturated carbocycles. The van der Waals surface area contributed by atoms with Crippen LogP contribution in [0.3, 0.4) is 0 Å². The SMILES string of the molecule is CC(=O)OC[C@H]1O[C@H](Oc2cccc([N+](=O)[O-])c2)[C@H](OC(C)=O)[C@@H](OC(C)=O)[C@@H]1OC(C)=O.